The summed E-state index contributed by atoms with van der Waals surface area (Å²) in [4.78, 5) is 13.7. The van der Waals surface area contributed by atoms with Gasteiger partial charge in [-0.1, -0.05) is 22.0 Å². The van der Waals surface area contributed by atoms with Crippen molar-refractivity contribution in [2.45, 2.75) is 13.3 Å². The highest BCUT2D eigenvalue weighted by molar-refractivity contribution is 9.09. The smallest absolute Gasteiger partial charge is 0.227 e. The Balaban J connectivity index is 2.30. The zero-order chi connectivity index (χ0) is 11.7. The van der Waals surface area contributed by atoms with E-state index < -0.39 is 0 Å². The van der Waals surface area contributed by atoms with Gasteiger partial charge in [0.1, 0.15) is 0 Å². The van der Waals surface area contributed by atoms with Gasteiger partial charge in [0, 0.05) is 29.7 Å². The van der Waals surface area contributed by atoms with Crippen molar-refractivity contribution in [3.63, 3.8) is 0 Å². The van der Waals surface area contributed by atoms with Gasteiger partial charge in [-0.25, -0.2) is 0 Å². The molecule has 1 saturated heterocycles. The number of hydrogen-bond acceptors (Lipinski definition) is 2. The van der Waals surface area contributed by atoms with Gasteiger partial charge in [0.05, 0.1) is 0 Å². The van der Waals surface area contributed by atoms with Crippen molar-refractivity contribution >= 4 is 33.2 Å². The maximum Gasteiger partial charge on any atom is 0.227 e. The lowest BCUT2D eigenvalue weighted by Crippen LogP contribution is -2.25. The van der Waals surface area contributed by atoms with Gasteiger partial charge in [-0.15, -0.1) is 0 Å². The van der Waals surface area contributed by atoms with Crippen LogP contribution in [0, 0.1) is 12.8 Å². The van der Waals surface area contributed by atoms with Crippen LogP contribution in [0.15, 0.2) is 18.2 Å². The van der Waals surface area contributed by atoms with Gasteiger partial charge in [0.2, 0.25) is 5.91 Å². The van der Waals surface area contributed by atoms with Crippen molar-refractivity contribution in [1.82, 2.24) is 0 Å². The number of carbonyl (C=O) groups excluding carboxylic acids is 1. The second kappa shape index (κ2) is 4.45. The van der Waals surface area contributed by atoms with E-state index in [1.54, 1.807) is 0 Å². The number of halogens is 1. The summed E-state index contributed by atoms with van der Waals surface area (Å²) in [5.74, 6) is 0.603. The number of carbonyl (C=O) groups is 1. The molecule has 1 aliphatic rings. The van der Waals surface area contributed by atoms with Gasteiger partial charge in [-0.05, 0) is 30.5 Å². The first-order chi connectivity index (χ1) is 7.61. The molecule has 1 fully saturated rings. The summed E-state index contributed by atoms with van der Waals surface area (Å²) in [5, 5.41) is 0.872. The molecule has 86 valence electrons. The van der Waals surface area contributed by atoms with Crippen molar-refractivity contribution < 1.29 is 4.79 Å². The van der Waals surface area contributed by atoms with Gasteiger partial charge >= 0.3 is 0 Å². The number of hydrogen-bond donors (Lipinski definition) is 1. The van der Waals surface area contributed by atoms with Crippen LogP contribution in [0.4, 0.5) is 11.4 Å². The molecule has 16 heavy (non-hydrogen) atoms. The Morgan fingerprint density at radius 1 is 1.56 bits per heavy atom. The number of benzene rings is 1. The molecule has 0 saturated carbocycles. The third kappa shape index (κ3) is 2.07. The molecule has 2 N–H and O–H groups in total. The summed E-state index contributed by atoms with van der Waals surface area (Å²) < 4.78 is 0. The number of aryl methyl sites for hydroxylation is 1. The lowest BCUT2D eigenvalue weighted by Gasteiger charge is -2.19. The standard InChI is InChI=1S/C12H15BrN2O/c1-8-2-3-10(14)5-11(8)15-7-9(6-13)4-12(15)16/h2-3,5,9H,4,6-7,14H2,1H3. The summed E-state index contributed by atoms with van der Waals surface area (Å²) in [5.41, 5.74) is 8.51. The predicted molar refractivity (Wildman–Crippen MR) is 69.8 cm³/mol. The van der Waals surface area contributed by atoms with E-state index in [2.05, 4.69) is 15.9 Å². The first kappa shape index (κ1) is 11.5. The maximum atomic E-state index is 11.9. The largest absolute Gasteiger partial charge is 0.399 e. The quantitative estimate of drug-likeness (QED) is 0.669. The molecule has 0 spiro atoms. The molecule has 4 heteroatoms. The minimum Gasteiger partial charge on any atom is -0.399 e. The number of nitrogen functional groups attached to an aromatic ring is 1. The van der Waals surface area contributed by atoms with E-state index in [-0.39, 0.29) is 5.91 Å². The molecular formula is C12H15BrN2O. The van der Waals surface area contributed by atoms with Gasteiger partial charge in [0.25, 0.3) is 0 Å². The molecular weight excluding hydrogens is 268 g/mol. The van der Waals surface area contributed by atoms with E-state index in [9.17, 15) is 4.79 Å². The molecule has 1 heterocycles. The third-order valence-corrected chi connectivity index (χ3v) is 3.86. The normalized spacial score (nSPS) is 20.5. The third-order valence-electron chi connectivity index (χ3n) is 2.95. The Kier molecular flexibility index (Phi) is 3.19. The average Bonchev–Trinajstić information content (AvgIpc) is 2.63. The first-order valence-electron chi connectivity index (χ1n) is 5.34. The summed E-state index contributed by atoms with van der Waals surface area (Å²) in [7, 11) is 0. The average molecular weight is 283 g/mol. The van der Waals surface area contributed by atoms with Gasteiger partial charge in [-0.2, -0.15) is 0 Å². The molecule has 1 aromatic rings. The fourth-order valence-corrected chi connectivity index (χ4v) is 2.47. The Morgan fingerprint density at radius 3 is 2.94 bits per heavy atom. The minimum atomic E-state index is 0.193. The maximum absolute atomic E-state index is 11.9. The highest BCUT2D eigenvalue weighted by atomic mass is 79.9. The molecule has 1 atom stereocenters. The Bertz CT molecular complexity index is 419. The second-order valence-electron chi connectivity index (χ2n) is 4.27. The molecule has 0 radical (unpaired) electrons. The fraction of sp³-hybridized carbons (Fsp3) is 0.417. The topological polar surface area (TPSA) is 46.3 Å². The molecule has 0 aromatic heterocycles. The predicted octanol–water partition coefficient (Wildman–Crippen LogP) is 2.33. The van der Waals surface area contributed by atoms with Gasteiger partial charge in [0.15, 0.2) is 0 Å². The van der Waals surface area contributed by atoms with Crippen molar-refractivity contribution in [2.75, 3.05) is 22.5 Å². The lowest BCUT2D eigenvalue weighted by molar-refractivity contribution is -0.117. The number of nitrogens with two attached hydrogens (primary N) is 1. The van der Waals surface area contributed by atoms with E-state index >= 15 is 0 Å². The number of anilines is 2. The van der Waals surface area contributed by atoms with Crippen LogP contribution in [0.5, 0.6) is 0 Å². The highest BCUT2D eigenvalue weighted by Gasteiger charge is 2.30. The van der Waals surface area contributed by atoms with Crippen LogP contribution in [0.25, 0.3) is 0 Å². The van der Waals surface area contributed by atoms with Crippen molar-refractivity contribution in [1.29, 1.82) is 0 Å². The summed E-state index contributed by atoms with van der Waals surface area (Å²) >= 11 is 3.43. The number of alkyl halides is 1. The molecule has 0 aliphatic carbocycles. The molecule has 0 bridgehead atoms. The highest BCUT2D eigenvalue weighted by Crippen LogP contribution is 2.29. The van der Waals surface area contributed by atoms with Crippen LogP contribution >= 0.6 is 15.9 Å². The summed E-state index contributed by atoms with van der Waals surface area (Å²) in [6, 6.07) is 5.70. The van der Waals surface area contributed by atoms with E-state index in [0.717, 1.165) is 23.1 Å². The summed E-state index contributed by atoms with van der Waals surface area (Å²) in [6.45, 7) is 2.79. The van der Waals surface area contributed by atoms with Crippen molar-refractivity contribution in [3.8, 4) is 0 Å². The van der Waals surface area contributed by atoms with Crippen molar-refractivity contribution in [3.05, 3.63) is 23.8 Å². The molecule has 1 unspecified atom stereocenters. The molecule has 3 nitrogen and oxygen atoms in total. The van der Waals surface area contributed by atoms with Crippen LogP contribution < -0.4 is 10.6 Å². The van der Waals surface area contributed by atoms with Gasteiger partial charge < -0.3 is 10.6 Å². The zero-order valence-electron chi connectivity index (χ0n) is 9.24. The molecule has 1 aromatic carbocycles. The van der Waals surface area contributed by atoms with Crippen LogP contribution in [0.1, 0.15) is 12.0 Å². The Morgan fingerprint density at radius 2 is 2.31 bits per heavy atom. The number of rotatable bonds is 2. The van der Waals surface area contributed by atoms with Gasteiger partial charge in [-0.3, -0.25) is 4.79 Å². The van der Waals surface area contributed by atoms with E-state index in [0.29, 0.717) is 18.0 Å². The minimum absolute atomic E-state index is 0.193. The monoisotopic (exact) mass is 282 g/mol. The number of amides is 1. The first-order valence-corrected chi connectivity index (χ1v) is 6.46. The van der Waals surface area contributed by atoms with E-state index in [1.165, 1.54) is 0 Å². The molecule has 1 amide bonds. The molecule has 1 aliphatic heterocycles. The SMILES string of the molecule is Cc1ccc(N)cc1N1CC(CBr)CC1=O. The van der Waals surface area contributed by atoms with Crippen molar-refractivity contribution in [2.24, 2.45) is 5.92 Å². The van der Waals surface area contributed by atoms with Crippen LogP contribution in [0.2, 0.25) is 0 Å². The van der Waals surface area contributed by atoms with E-state index in [4.69, 9.17) is 5.73 Å². The van der Waals surface area contributed by atoms with Crippen LogP contribution in [0.3, 0.4) is 0 Å². The van der Waals surface area contributed by atoms with E-state index in [1.807, 2.05) is 30.0 Å². The zero-order valence-corrected chi connectivity index (χ0v) is 10.8. The fourth-order valence-electron chi connectivity index (χ4n) is 2.03. The number of nitrogens with zero attached hydrogens (tertiary/aromatic N) is 1. The molecule has 2 rings (SSSR count). The van der Waals surface area contributed by atoms with Crippen LogP contribution in [-0.2, 0) is 4.79 Å². The second-order valence-corrected chi connectivity index (χ2v) is 4.92. The Hall–Kier alpha value is -1.03. The summed E-state index contributed by atoms with van der Waals surface area (Å²) in [6.07, 6.45) is 0.624. The Labute approximate surface area is 104 Å². The lowest BCUT2D eigenvalue weighted by atomic mass is 10.1. The van der Waals surface area contributed by atoms with Crippen LogP contribution in [-0.4, -0.2) is 17.8 Å².